The smallest absolute Gasteiger partial charge is 0.443 e. The lowest BCUT2D eigenvalue weighted by atomic mass is 10.2. The van der Waals surface area contributed by atoms with Crippen LogP contribution in [0.4, 0.5) is 10.5 Å². The molecule has 0 aliphatic carbocycles. The quantitative estimate of drug-likeness (QED) is 0.840. The van der Waals surface area contributed by atoms with Crippen LogP contribution in [0.5, 0.6) is 0 Å². The van der Waals surface area contributed by atoms with Gasteiger partial charge in [0.1, 0.15) is 5.60 Å². The van der Waals surface area contributed by atoms with E-state index in [1.54, 1.807) is 32.9 Å². The average molecular weight is 316 g/mol. The molecule has 0 aliphatic heterocycles. The van der Waals surface area contributed by atoms with E-state index >= 15 is 0 Å². The maximum atomic E-state index is 12.0. The normalized spacial score (nSPS) is 11.9. The van der Waals surface area contributed by atoms with Crippen molar-refractivity contribution < 1.29 is 21.9 Å². The number of anilines is 1. The van der Waals surface area contributed by atoms with E-state index in [1.165, 1.54) is 12.4 Å². The van der Waals surface area contributed by atoms with Crippen LogP contribution in [0.15, 0.2) is 24.5 Å². The second-order valence-corrected chi connectivity index (χ2v) is 7.09. The van der Waals surface area contributed by atoms with Crippen LogP contribution in [-0.2, 0) is 14.9 Å². The van der Waals surface area contributed by atoms with Crippen LogP contribution < -0.4 is 13.6 Å². The fourth-order valence-corrected chi connectivity index (χ4v) is 2.26. The summed E-state index contributed by atoms with van der Waals surface area (Å²) < 4.78 is 31.7. The second kappa shape index (κ2) is 6.30. The van der Waals surface area contributed by atoms with E-state index in [9.17, 15) is 13.2 Å². The van der Waals surface area contributed by atoms with Gasteiger partial charge >= 0.3 is 16.3 Å². The summed E-state index contributed by atoms with van der Waals surface area (Å²) in [6, 6.07) is 3.30. The van der Waals surface area contributed by atoms with Crippen LogP contribution in [0.2, 0.25) is 0 Å². The molecule has 0 saturated carbocycles. The Morgan fingerprint density at radius 2 is 1.86 bits per heavy atom. The molecule has 7 nitrogen and oxygen atoms in total. The van der Waals surface area contributed by atoms with Crippen LogP contribution in [0.3, 0.4) is 0 Å². The lowest BCUT2D eigenvalue weighted by Gasteiger charge is -2.18. The standard InChI is InChI=1S/C13H21N3O4S/c1-6-15(5)11-7-9-16(10-8-11)21(18,19)14-12(17)20-13(2,3)4/h7-10H,6H2,1-5H3/p+1. The molecule has 1 amide bonds. The predicted octanol–water partition coefficient (Wildman–Crippen LogP) is 1.05. The SMILES string of the molecule is CCN(C)c1cc[n+](S(=O)(=O)NC(=O)OC(C)(C)C)cc1. The average Bonchev–Trinajstić information content (AvgIpc) is 2.35. The summed E-state index contributed by atoms with van der Waals surface area (Å²) in [4.78, 5) is 13.5. The fourth-order valence-electron chi connectivity index (χ4n) is 1.46. The highest BCUT2D eigenvalue weighted by molar-refractivity contribution is 7.83. The van der Waals surface area contributed by atoms with Crippen molar-refractivity contribution in [3.05, 3.63) is 24.5 Å². The minimum atomic E-state index is -4.01. The lowest BCUT2D eigenvalue weighted by Crippen LogP contribution is -2.53. The molecule has 1 aromatic heterocycles. The van der Waals surface area contributed by atoms with Gasteiger partial charge in [-0.1, -0.05) is 3.97 Å². The molecule has 1 N–H and O–H groups in total. The summed E-state index contributed by atoms with van der Waals surface area (Å²) in [5, 5.41) is 0. The number of hydrogen-bond donors (Lipinski definition) is 1. The second-order valence-electron chi connectivity index (χ2n) is 5.51. The minimum Gasteiger partial charge on any atom is -0.443 e. The van der Waals surface area contributed by atoms with Crippen molar-refractivity contribution in [1.82, 2.24) is 4.72 Å². The zero-order valence-electron chi connectivity index (χ0n) is 13.0. The Labute approximate surface area is 125 Å². The number of hydrogen-bond acceptors (Lipinski definition) is 5. The Balaban J connectivity index is 2.86. The number of ether oxygens (including phenoxy) is 1. The zero-order valence-corrected chi connectivity index (χ0v) is 13.8. The number of pyridine rings is 1. The highest BCUT2D eigenvalue weighted by atomic mass is 32.2. The Kier molecular flexibility index (Phi) is 5.16. The maximum Gasteiger partial charge on any atom is 0.474 e. The number of aromatic nitrogens is 1. The van der Waals surface area contributed by atoms with Crippen molar-refractivity contribution >= 4 is 22.0 Å². The van der Waals surface area contributed by atoms with E-state index in [0.717, 1.165) is 16.2 Å². The maximum absolute atomic E-state index is 12.0. The number of carbonyl (C=O) groups is 1. The number of nitrogens with zero attached hydrogens (tertiary/aromatic N) is 2. The molecule has 1 rings (SSSR count). The van der Waals surface area contributed by atoms with Gasteiger partial charge in [-0.25, -0.2) is 4.79 Å². The number of nitrogens with one attached hydrogen (secondary N) is 1. The largest absolute Gasteiger partial charge is 0.474 e. The molecule has 8 heteroatoms. The first kappa shape index (κ1) is 17.2. The van der Waals surface area contributed by atoms with E-state index in [-0.39, 0.29) is 0 Å². The van der Waals surface area contributed by atoms with Crippen LogP contribution in [0.1, 0.15) is 27.7 Å². The molecule has 0 aromatic carbocycles. The first-order valence-corrected chi connectivity index (χ1v) is 7.98. The Morgan fingerprint density at radius 3 is 2.29 bits per heavy atom. The Morgan fingerprint density at radius 1 is 1.33 bits per heavy atom. The summed E-state index contributed by atoms with van der Waals surface area (Å²) >= 11 is 0. The topological polar surface area (TPSA) is 79.6 Å². The predicted molar refractivity (Wildman–Crippen MR) is 79.3 cm³/mol. The Bertz CT molecular complexity index is 591. The summed E-state index contributed by atoms with van der Waals surface area (Å²) in [6.07, 6.45) is 1.73. The third kappa shape index (κ3) is 5.22. The molecule has 0 bridgehead atoms. The first-order chi connectivity index (χ1) is 9.55. The molecular formula is C13H22N3O4S+. The van der Waals surface area contributed by atoms with Crippen molar-refractivity contribution in [3.63, 3.8) is 0 Å². The zero-order chi connectivity index (χ0) is 16.3. The molecular weight excluding hydrogens is 294 g/mol. The molecule has 0 atom stereocenters. The minimum absolute atomic E-state index is 0.766. The van der Waals surface area contributed by atoms with Crippen LogP contribution in [0.25, 0.3) is 0 Å². The van der Waals surface area contributed by atoms with Crippen LogP contribution in [-0.4, -0.2) is 33.7 Å². The molecule has 1 heterocycles. The van der Waals surface area contributed by atoms with Gasteiger partial charge in [0, 0.05) is 31.4 Å². The lowest BCUT2D eigenvalue weighted by molar-refractivity contribution is -0.512. The highest BCUT2D eigenvalue weighted by Crippen LogP contribution is 2.09. The third-order valence-corrected chi connectivity index (χ3v) is 3.81. The van der Waals surface area contributed by atoms with Crippen molar-refractivity contribution in [2.45, 2.75) is 33.3 Å². The number of carbonyl (C=O) groups excluding carboxylic acids is 1. The Hall–Kier alpha value is -1.83. The van der Waals surface area contributed by atoms with Gasteiger partial charge in [0.25, 0.3) is 0 Å². The molecule has 0 unspecified atom stereocenters. The van der Waals surface area contributed by atoms with Gasteiger partial charge in [0.05, 0.1) is 0 Å². The van der Waals surface area contributed by atoms with Gasteiger partial charge in [-0.05, 0) is 27.7 Å². The molecule has 118 valence electrons. The molecule has 0 saturated heterocycles. The van der Waals surface area contributed by atoms with Crippen LogP contribution >= 0.6 is 0 Å². The molecule has 21 heavy (non-hydrogen) atoms. The fraction of sp³-hybridized carbons (Fsp3) is 0.538. The molecule has 0 aliphatic rings. The van der Waals surface area contributed by atoms with E-state index in [4.69, 9.17) is 4.74 Å². The van der Waals surface area contributed by atoms with Gasteiger partial charge in [-0.15, -0.1) is 8.42 Å². The molecule has 0 spiro atoms. The van der Waals surface area contributed by atoms with E-state index in [2.05, 4.69) is 0 Å². The van der Waals surface area contributed by atoms with Crippen LogP contribution in [0, 0.1) is 0 Å². The van der Waals surface area contributed by atoms with E-state index in [1.807, 2.05) is 23.6 Å². The first-order valence-electron chi connectivity index (χ1n) is 6.54. The number of rotatable bonds is 4. The van der Waals surface area contributed by atoms with Crippen molar-refractivity contribution in [3.8, 4) is 0 Å². The molecule has 1 aromatic rings. The van der Waals surface area contributed by atoms with E-state index in [0.29, 0.717) is 0 Å². The van der Waals surface area contributed by atoms with Gasteiger partial charge in [0.15, 0.2) is 12.4 Å². The highest BCUT2D eigenvalue weighted by Gasteiger charge is 2.28. The van der Waals surface area contributed by atoms with Gasteiger partial charge in [-0.2, -0.15) is 4.72 Å². The van der Waals surface area contributed by atoms with Gasteiger partial charge in [0.2, 0.25) is 0 Å². The van der Waals surface area contributed by atoms with Crippen molar-refractivity contribution in [2.75, 3.05) is 18.5 Å². The van der Waals surface area contributed by atoms with Gasteiger partial charge in [-0.3, -0.25) is 0 Å². The molecule has 0 radical (unpaired) electrons. The summed E-state index contributed by atoms with van der Waals surface area (Å²) in [5.74, 6) is 0. The third-order valence-electron chi connectivity index (χ3n) is 2.59. The summed E-state index contributed by atoms with van der Waals surface area (Å²) in [5.41, 5.74) is 0.110. The summed E-state index contributed by atoms with van der Waals surface area (Å²) in [6.45, 7) is 7.75. The summed E-state index contributed by atoms with van der Waals surface area (Å²) in [7, 11) is -2.11. The number of amides is 1. The van der Waals surface area contributed by atoms with Gasteiger partial charge < -0.3 is 9.64 Å². The van der Waals surface area contributed by atoms with E-state index < -0.39 is 21.9 Å². The monoisotopic (exact) mass is 316 g/mol. The van der Waals surface area contributed by atoms with Crippen molar-refractivity contribution in [2.24, 2.45) is 0 Å². The molecule has 0 fully saturated rings. The van der Waals surface area contributed by atoms with Crippen molar-refractivity contribution in [1.29, 1.82) is 0 Å².